The Morgan fingerprint density at radius 3 is 1.75 bits per heavy atom. The maximum absolute atomic E-state index is 6.39. The third-order valence-electron chi connectivity index (χ3n) is 7.17. The van der Waals surface area contributed by atoms with Crippen LogP contribution in [0.3, 0.4) is 0 Å². The second kappa shape index (κ2) is 17.2. The summed E-state index contributed by atoms with van der Waals surface area (Å²) in [5, 5.41) is 0.169. The van der Waals surface area contributed by atoms with Crippen molar-refractivity contribution in [1.82, 2.24) is 0 Å². The quantitative estimate of drug-likeness (QED) is 0.108. The van der Waals surface area contributed by atoms with Crippen LogP contribution in [-0.4, -0.2) is 72.1 Å². The van der Waals surface area contributed by atoms with Gasteiger partial charge >= 0.3 is 0 Å². The van der Waals surface area contributed by atoms with E-state index in [2.05, 4.69) is 84.4 Å². The first-order valence-electron chi connectivity index (χ1n) is 13.9. The number of rotatable bonds is 19. The smallest absolute Gasteiger partial charge is 0.192 e. The summed E-state index contributed by atoms with van der Waals surface area (Å²) in [4.78, 5) is 0. The van der Waals surface area contributed by atoms with Crippen molar-refractivity contribution in [2.45, 2.75) is 82.8 Å². The molecular formula is C32H50O7Si. The van der Waals surface area contributed by atoms with Gasteiger partial charge in [-0.2, -0.15) is 0 Å². The van der Waals surface area contributed by atoms with E-state index in [1.54, 1.807) is 24.3 Å². The molecule has 1 aromatic carbocycles. The molecule has 8 heteroatoms. The van der Waals surface area contributed by atoms with Gasteiger partial charge in [-0.15, -0.1) is 26.3 Å². The summed E-state index contributed by atoms with van der Waals surface area (Å²) in [7, 11) is -1.82. The zero-order chi connectivity index (χ0) is 29.6. The molecule has 0 unspecified atom stereocenters. The average Bonchev–Trinajstić information content (AvgIpc) is 2.92. The minimum absolute atomic E-state index is 0.169. The van der Waals surface area contributed by atoms with Crippen molar-refractivity contribution >= 4 is 8.32 Å². The Kier molecular flexibility index (Phi) is 14.7. The van der Waals surface area contributed by atoms with Gasteiger partial charge in [0.05, 0.1) is 46.2 Å². The van der Waals surface area contributed by atoms with Gasteiger partial charge in [0.15, 0.2) is 14.6 Å². The van der Waals surface area contributed by atoms with E-state index in [9.17, 15) is 0 Å². The van der Waals surface area contributed by atoms with Crippen molar-refractivity contribution in [2.24, 2.45) is 0 Å². The van der Waals surface area contributed by atoms with Crippen LogP contribution in [0.2, 0.25) is 18.1 Å². The SMILES string of the molecule is C=CCOC[C@H]1O[C@@H](OCc2ccc(CO[Si](C)(C)C(C)(C)C)cc2)[C@H](OCC=C)[C@@H](OCC=C)[C@@H]1OCC=C. The zero-order valence-corrected chi connectivity index (χ0v) is 26.1. The Balaban J connectivity index is 2.18. The molecule has 0 aliphatic carbocycles. The van der Waals surface area contributed by atoms with Crippen LogP contribution in [0.5, 0.6) is 0 Å². The maximum atomic E-state index is 6.39. The van der Waals surface area contributed by atoms with E-state index >= 15 is 0 Å². The van der Waals surface area contributed by atoms with Crippen molar-refractivity contribution < 1.29 is 32.8 Å². The minimum atomic E-state index is -1.82. The fourth-order valence-electron chi connectivity index (χ4n) is 3.91. The van der Waals surface area contributed by atoms with E-state index in [4.69, 9.17) is 32.8 Å². The van der Waals surface area contributed by atoms with Crippen LogP contribution in [0.1, 0.15) is 31.9 Å². The van der Waals surface area contributed by atoms with Gasteiger partial charge in [0.2, 0.25) is 0 Å². The Morgan fingerprint density at radius 1 is 0.725 bits per heavy atom. The van der Waals surface area contributed by atoms with Crippen molar-refractivity contribution in [1.29, 1.82) is 0 Å². The van der Waals surface area contributed by atoms with Gasteiger partial charge < -0.3 is 32.8 Å². The summed E-state index contributed by atoms with van der Waals surface area (Å²) in [6.07, 6.45) is 4.04. The van der Waals surface area contributed by atoms with Crippen molar-refractivity contribution in [2.75, 3.05) is 33.0 Å². The summed E-state index contributed by atoms with van der Waals surface area (Å²) in [5.74, 6) is 0. The van der Waals surface area contributed by atoms with Crippen LogP contribution in [0.25, 0.3) is 0 Å². The fraction of sp³-hybridized carbons (Fsp3) is 0.562. The fourth-order valence-corrected chi connectivity index (χ4v) is 4.87. The first-order chi connectivity index (χ1) is 19.1. The highest BCUT2D eigenvalue weighted by molar-refractivity contribution is 6.74. The van der Waals surface area contributed by atoms with Gasteiger partial charge in [0.25, 0.3) is 0 Å². The molecule has 0 spiro atoms. The van der Waals surface area contributed by atoms with E-state index in [1.807, 2.05) is 0 Å². The highest BCUT2D eigenvalue weighted by atomic mass is 28.4. The second-order valence-corrected chi connectivity index (χ2v) is 16.1. The van der Waals surface area contributed by atoms with Gasteiger partial charge in [-0.1, -0.05) is 69.3 Å². The Bertz CT molecular complexity index is 909. The number of hydrogen-bond donors (Lipinski definition) is 0. The van der Waals surface area contributed by atoms with Crippen molar-refractivity contribution in [3.63, 3.8) is 0 Å². The molecular weight excluding hydrogens is 524 g/mol. The third kappa shape index (κ3) is 10.5. The monoisotopic (exact) mass is 574 g/mol. The van der Waals surface area contributed by atoms with E-state index in [1.165, 1.54) is 0 Å². The van der Waals surface area contributed by atoms with Crippen LogP contribution in [-0.2, 0) is 46.1 Å². The maximum Gasteiger partial charge on any atom is 0.192 e. The zero-order valence-electron chi connectivity index (χ0n) is 25.1. The molecule has 1 heterocycles. The number of hydrogen-bond acceptors (Lipinski definition) is 7. The van der Waals surface area contributed by atoms with Gasteiger partial charge in [-0.25, -0.2) is 0 Å². The van der Waals surface area contributed by atoms with Crippen LogP contribution in [0, 0.1) is 0 Å². The van der Waals surface area contributed by atoms with Gasteiger partial charge in [-0.05, 0) is 29.3 Å². The first-order valence-corrected chi connectivity index (χ1v) is 16.8. The van der Waals surface area contributed by atoms with E-state index < -0.39 is 39.0 Å². The highest BCUT2D eigenvalue weighted by Gasteiger charge is 2.48. The average molecular weight is 575 g/mol. The third-order valence-corrected chi connectivity index (χ3v) is 11.7. The lowest BCUT2D eigenvalue weighted by atomic mass is 9.98. The number of ether oxygens (including phenoxy) is 6. The van der Waals surface area contributed by atoms with Crippen molar-refractivity contribution in [3.05, 3.63) is 86.0 Å². The van der Waals surface area contributed by atoms with Crippen LogP contribution < -0.4 is 0 Å². The van der Waals surface area contributed by atoms with E-state index in [-0.39, 0.29) is 11.6 Å². The Morgan fingerprint density at radius 2 is 1.23 bits per heavy atom. The summed E-state index contributed by atoms with van der Waals surface area (Å²) in [6, 6.07) is 8.28. The molecule has 5 atom stereocenters. The molecule has 0 saturated carbocycles. The molecule has 0 bridgehead atoms. The molecule has 7 nitrogen and oxygen atoms in total. The Labute approximate surface area is 242 Å². The van der Waals surface area contributed by atoms with Gasteiger partial charge in [0.1, 0.15) is 24.4 Å². The molecule has 0 radical (unpaired) electrons. The summed E-state index contributed by atoms with van der Waals surface area (Å²) in [6.45, 7) is 28.9. The van der Waals surface area contributed by atoms with Gasteiger partial charge in [-0.3, -0.25) is 0 Å². The first kappa shape index (κ1) is 34.3. The predicted molar refractivity (Wildman–Crippen MR) is 163 cm³/mol. The van der Waals surface area contributed by atoms with Gasteiger partial charge in [0, 0.05) is 0 Å². The van der Waals surface area contributed by atoms with E-state index in [0.29, 0.717) is 39.6 Å². The van der Waals surface area contributed by atoms with Crippen molar-refractivity contribution in [3.8, 4) is 0 Å². The minimum Gasteiger partial charge on any atom is -0.413 e. The second-order valence-electron chi connectivity index (χ2n) is 11.3. The largest absolute Gasteiger partial charge is 0.413 e. The summed E-state index contributed by atoms with van der Waals surface area (Å²) >= 11 is 0. The van der Waals surface area contributed by atoms with Crippen LogP contribution >= 0.6 is 0 Å². The molecule has 0 N–H and O–H groups in total. The molecule has 1 aliphatic heterocycles. The molecule has 2 rings (SSSR count). The molecule has 1 aliphatic rings. The summed E-state index contributed by atoms with van der Waals surface area (Å²) in [5.41, 5.74) is 2.14. The lowest BCUT2D eigenvalue weighted by molar-refractivity contribution is -0.322. The Hall–Kier alpha value is -1.88. The molecule has 1 aromatic rings. The molecule has 0 amide bonds. The lowest BCUT2D eigenvalue weighted by Gasteiger charge is -2.45. The predicted octanol–water partition coefficient (Wildman–Crippen LogP) is 6.37. The molecule has 40 heavy (non-hydrogen) atoms. The van der Waals surface area contributed by atoms with E-state index in [0.717, 1.165) is 11.1 Å². The molecule has 0 aromatic heterocycles. The molecule has 1 saturated heterocycles. The normalized spacial score (nSPS) is 23.5. The topological polar surface area (TPSA) is 64.6 Å². The highest BCUT2D eigenvalue weighted by Crippen LogP contribution is 2.37. The summed E-state index contributed by atoms with van der Waals surface area (Å²) < 4.78 is 43.2. The lowest BCUT2D eigenvalue weighted by Crippen LogP contribution is -2.62. The van der Waals surface area contributed by atoms with Crippen LogP contribution in [0.4, 0.5) is 0 Å². The standard InChI is InChI=1S/C32H50O7Si/c1-10-18-33-24-27-28(34-19-11-2)29(35-20-12-3)30(36-21-13-4)31(39-27)37-22-25-14-16-26(17-15-25)23-38-40(8,9)32(5,6)7/h10-17,27-31H,1-4,18-24H2,5-9H3/t27-,28-,29+,30-,31-/m1/s1. The molecule has 224 valence electrons. The number of benzene rings is 1. The van der Waals surface area contributed by atoms with Crippen LogP contribution in [0.15, 0.2) is 74.9 Å². The molecule has 1 fully saturated rings.